The number of nitrogens with one attached hydrogen (secondary N) is 1. The van der Waals surface area contributed by atoms with Gasteiger partial charge in [-0.1, -0.05) is 29.3 Å². The molecule has 0 bridgehead atoms. The first-order chi connectivity index (χ1) is 12.5. The Morgan fingerprint density at radius 2 is 1.78 bits per heavy atom. The van der Waals surface area contributed by atoms with Crippen LogP contribution >= 0.6 is 23.2 Å². The van der Waals surface area contributed by atoms with Crippen LogP contribution in [0.5, 0.6) is 5.75 Å². The number of nitrogens with zero attached hydrogens (tertiary/aromatic N) is 1. The number of ether oxygens (including phenoxy) is 1. The minimum absolute atomic E-state index is 0.0893. The second-order valence-corrected chi connectivity index (χ2v) is 9.06. The number of aryl methyl sites for hydroxylation is 1. The van der Waals surface area contributed by atoms with E-state index in [0.29, 0.717) is 21.5 Å². The molecule has 0 fully saturated rings. The fraction of sp³-hybridized carbons (Fsp3) is 0.278. The second-order valence-electron chi connectivity index (χ2n) is 6.09. The van der Waals surface area contributed by atoms with E-state index >= 15 is 0 Å². The summed E-state index contributed by atoms with van der Waals surface area (Å²) in [6.45, 7) is 3.35. The Balaban J connectivity index is 2.18. The summed E-state index contributed by atoms with van der Waals surface area (Å²) in [5.41, 5.74) is 1.12. The van der Waals surface area contributed by atoms with Gasteiger partial charge in [-0.15, -0.1) is 0 Å². The van der Waals surface area contributed by atoms with Crippen molar-refractivity contribution < 1.29 is 17.9 Å². The summed E-state index contributed by atoms with van der Waals surface area (Å²) in [7, 11) is -0.716. The summed E-state index contributed by atoms with van der Waals surface area (Å²) in [4.78, 5) is 12.6. The van der Waals surface area contributed by atoms with Crippen LogP contribution in [0.15, 0.2) is 41.3 Å². The van der Waals surface area contributed by atoms with Crippen LogP contribution < -0.4 is 10.1 Å². The molecule has 1 unspecified atom stereocenters. The maximum Gasteiger partial charge on any atom is 0.265 e. The average Bonchev–Trinajstić information content (AvgIpc) is 2.59. The summed E-state index contributed by atoms with van der Waals surface area (Å²) in [5, 5.41) is 3.41. The molecule has 1 atom stereocenters. The molecule has 0 aromatic heterocycles. The van der Waals surface area contributed by atoms with Gasteiger partial charge in [-0.3, -0.25) is 4.79 Å². The largest absolute Gasteiger partial charge is 0.481 e. The maximum atomic E-state index is 12.5. The predicted octanol–water partition coefficient (Wildman–Crippen LogP) is 3.96. The Morgan fingerprint density at radius 1 is 1.11 bits per heavy atom. The van der Waals surface area contributed by atoms with Gasteiger partial charge in [0.05, 0.1) is 14.9 Å². The molecule has 146 valence electrons. The smallest absolute Gasteiger partial charge is 0.265 e. The van der Waals surface area contributed by atoms with Crippen LogP contribution in [0.25, 0.3) is 0 Å². The standard InChI is InChI=1S/C18H20Cl2N2O4S/c1-11-5-7-14(27(24,25)22(3)4)10-17(11)21-18(23)12(2)26-13-6-8-15(19)16(20)9-13/h5-10,12H,1-4H3,(H,21,23). The number of benzene rings is 2. The number of sulfonamides is 1. The number of anilines is 1. The minimum Gasteiger partial charge on any atom is -0.481 e. The topological polar surface area (TPSA) is 75.7 Å². The van der Waals surface area contributed by atoms with Crippen molar-refractivity contribution in [3.63, 3.8) is 0 Å². The quantitative estimate of drug-likeness (QED) is 0.752. The highest BCUT2D eigenvalue weighted by atomic mass is 35.5. The van der Waals surface area contributed by atoms with E-state index in [0.717, 1.165) is 9.87 Å². The Morgan fingerprint density at radius 3 is 2.37 bits per heavy atom. The van der Waals surface area contributed by atoms with Gasteiger partial charge in [-0.25, -0.2) is 12.7 Å². The molecule has 2 rings (SSSR count). The fourth-order valence-electron chi connectivity index (χ4n) is 2.15. The van der Waals surface area contributed by atoms with E-state index in [9.17, 15) is 13.2 Å². The van der Waals surface area contributed by atoms with Crippen LogP contribution in [0.3, 0.4) is 0 Å². The summed E-state index contributed by atoms with van der Waals surface area (Å²) in [6.07, 6.45) is -0.837. The third kappa shape index (κ3) is 5.13. The Hall–Kier alpha value is -1.80. The van der Waals surface area contributed by atoms with Gasteiger partial charge in [0.1, 0.15) is 5.75 Å². The van der Waals surface area contributed by atoms with Gasteiger partial charge in [-0.2, -0.15) is 0 Å². The zero-order valence-electron chi connectivity index (χ0n) is 15.3. The van der Waals surface area contributed by atoms with Crippen molar-refractivity contribution in [2.75, 3.05) is 19.4 Å². The average molecular weight is 431 g/mol. The van der Waals surface area contributed by atoms with Crippen molar-refractivity contribution in [3.8, 4) is 5.75 Å². The lowest BCUT2D eigenvalue weighted by Gasteiger charge is -2.17. The summed E-state index contributed by atoms with van der Waals surface area (Å²) in [5.74, 6) is -0.0312. The zero-order valence-corrected chi connectivity index (χ0v) is 17.6. The molecule has 2 aromatic carbocycles. The van der Waals surface area contributed by atoms with Crippen LogP contribution in [0, 0.1) is 6.92 Å². The molecular formula is C18H20Cl2N2O4S. The highest BCUT2D eigenvalue weighted by Gasteiger charge is 2.20. The molecule has 9 heteroatoms. The zero-order chi connectivity index (χ0) is 20.4. The summed E-state index contributed by atoms with van der Waals surface area (Å²) in [6, 6.07) is 9.25. The SMILES string of the molecule is Cc1ccc(S(=O)(=O)N(C)C)cc1NC(=O)C(C)Oc1ccc(Cl)c(Cl)c1. The molecular weight excluding hydrogens is 411 g/mol. The lowest BCUT2D eigenvalue weighted by molar-refractivity contribution is -0.122. The lowest BCUT2D eigenvalue weighted by Crippen LogP contribution is -2.30. The van der Waals surface area contributed by atoms with Crippen molar-refractivity contribution in [1.29, 1.82) is 0 Å². The highest BCUT2D eigenvalue weighted by Crippen LogP contribution is 2.27. The first kappa shape index (κ1) is 21.5. The van der Waals surface area contributed by atoms with Gasteiger partial charge in [0.15, 0.2) is 6.10 Å². The van der Waals surface area contributed by atoms with Crippen LogP contribution in [0.4, 0.5) is 5.69 Å². The monoisotopic (exact) mass is 430 g/mol. The predicted molar refractivity (Wildman–Crippen MR) is 107 cm³/mol. The van der Waals surface area contributed by atoms with Gasteiger partial charge >= 0.3 is 0 Å². The normalized spacial score (nSPS) is 12.7. The van der Waals surface area contributed by atoms with Gasteiger partial charge in [-0.05, 0) is 43.7 Å². The van der Waals surface area contributed by atoms with Gasteiger partial charge in [0, 0.05) is 25.8 Å². The third-order valence-electron chi connectivity index (χ3n) is 3.82. The van der Waals surface area contributed by atoms with Crippen molar-refractivity contribution in [2.45, 2.75) is 24.8 Å². The summed E-state index contributed by atoms with van der Waals surface area (Å²) >= 11 is 11.8. The minimum atomic E-state index is -3.61. The van der Waals surface area contributed by atoms with E-state index in [-0.39, 0.29) is 4.90 Å². The molecule has 1 N–H and O–H groups in total. The Labute approximate surface area is 169 Å². The number of carbonyl (C=O) groups excluding carboxylic acids is 1. The second kappa shape index (κ2) is 8.48. The molecule has 0 aliphatic heterocycles. The van der Waals surface area contributed by atoms with Crippen molar-refractivity contribution in [3.05, 3.63) is 52.0 Å². The molecule has 0 saturated heterocycles. The molecule has 0 spiro atoms. The van der Waals surface area contributed by atoms with E-state index in [2.05, 4.69) is 5.32 Å². The summed E-state index contributed by atoms with van der Waals surface area (Å²) < 4.78 is 31.3. The molecule has 0 saturated carbocycles. The van der Waals surface area contributed by atoms with Crippen molar-refractivity contribution in [2.24, 2.45) is 0 Å². The van der Waals surface area contributed by atoms with Gasteiger partial charge in [0.25, 0.3) is 5.91 Å². The van der Waals surface area contributed by atoms with E-state index in [4.69, 9.17) is 27.9 Å². The number of carbonyl (C=O) groups is 1. The van der Waals surface area contributed by atoms with Gasteiger partial charge in [0.2, 0.25) is 10.0 Å². The number of hydrogen-bond donors (Lipinski definition) is 1. The molecule has 1 amide bonds. The first-order valence-electron chi connectivity index (χ1n) is 7.98. The van der Waals surface area contributed by atoms with Crippen LogP contribution in [0.2, 0.25) is 10.0 Å². The molecule has 0 heterocycles. The molecule has 0 aliphatic carbocycles. The molecule has 0 aliphatic rings. The van der Waals surface area contributed by atoms with E-state index in [1.165, 1.54) is 32.3 Å². The maximum absolute atomic E-state index is 12.5. The van der Waals surface area contributed by atoms with E-state index in [1.54, 1.807) is 32.0 Å². The van der Waals surface area contributed by atoms with Crippen molar-refractivity contribution in [1.82, 2.24) is 4.31 Å². The van der Waals surface area contributed by atoms with Gasteiger partial charge < -0.3 is 10.1 Å². The van der Waals surface area contributed by atoms with Crippen LogP contribution in [0.1, 0.15) is 12.5 Å². The van der Waals surface area contributed by atoms with Crippen molar-refractivity contribution >= 4 is 44.8 Å². The molecule has 6 nitrogen and oxygen atoms in total. The molecule has 0 radical (unpaired) electrons. The fourth-order valence-corrected chi connectivity index (χ4v) is 3.37. The number of amides is 1. The Kier molecular flexibility index (Phi) is 6.75. The third-order valence-corrected chi connectivity index (χ3v) is 6.37. The van der Waals surface area contributed by atoms with Crippen LogP contribution in [-0.4, -0.2) is 38.8 Å². The molecule has 27 heavy (non-hydrogen) atoms. The number of rotatable bonds is 6. The number of hydrogen-bond acceptors (Lipinski definition) is 4. The highest BCUT2D eigenvalue weighted by molar-refractivity contribution is 7.89. The van der Waals surface area contributed by atoms with Crippen LogP contribution in [-0.2, 0) is 14.8 Å². The van der Waals surface area contributed by atoms with E-state index < -0.39 is 22.0 Å². The number of halogens is 2. The van der Waals surface area contributed by atoms with E-state index in [1.807, 2.05) is 0 Å². The molecule has 2 aromatic rings. The Bertz CT molecular complexity index is 962. The first-order valence-corrected chi connectivity index (χ1v) is 10.2. The lowest BCUT2D eigenvalue weighted by atomic mass is 10.2.